The average molecular weight is 524 g/mol. The second-order valence-electron chi connectivity index (χ2n) is 8.97. The summed E-state index contributed by atoms with van der Waals surface area (Å²) in [5, 5.41) is 1.10. The molecule has 3 aromatic rings. The first-order valence-electron chi connectivity index (χ1n) is 12.3. The number of rotatable bonds is 7. The molecule has 0 spiro atoms. The fourth-order valence-corrected chi connectivity index (χ4v) is 5.50. The minimum Gasteiger partial charge on any atom is -0.378 e. The van der Waals surface area contributed by atoms with Crippen LogP contribution in [0, 0.1) is 0 Å². The Hall–Kier alpha value is -2.65. The zero-order valence-corrected chi connectivity index (χ0v) is 21.8. The number of carbonyl (C=O) groups is 1. The van der Waals surface area contributed by atoms with Gasteiger partial charge in [-0.15, -0.1) is 0 Å². The van der Waals surface area contributed by atoms with E-state index in [0.717, 1.165) is 44.1 Å². The van der Waals surface area contributed by atoms with Gasteiger partial charge >= 0.3 is 0 Å². The van der Waals surface area contributed by atoms with Crippen LogP contribution in [0.4, 0.5) is 5.82 Å². The van der Waals surface area contributed by atoms with Crippen molar-refractivity contribution in [1.29, 1.82) is 0 Å². The van der Waals surface area contributed by atoms with Gasteiger partial charge in [0, 0.05) is 63.2 Å². The molecule has 0 unspecified atom stereocenters. The first-order valence-corrected chi connectivity index (χ1v) is 13.6. The zero-order chi connectivity index (χ0) is 24.7. The first kappa shape index (κ1) is 25.0. The maximum Gasteiger partial charge on any atom is 0.254 e. The molecule has 0 atom stereocenters. The highest BCUT2D eigenvalue weighted by Crippen LogP contribution is 2.26. The molecule has 7 nitrogen and oxygen atoms in total. The predicted octanol–water partition coefficient (Wildman–Crippen LogP) is 4.22. The molecule has 2 fully saturated rings. The number of hydrogen-bond acceptors (Lipinski definition) is 7. The minimum atomic E-state index is 0.0536. The Morgan fingerprint density at radius 3 is 2.42 bits per heavy atom. The van der Waals surface area contributed by atoms with Gasteiger partial charge in [0.15, 0.2) is 5.16 Å². The number of aromatic nitrogens is 2. The number of halogens is 1. The van der Waals surface area contributed by atoms with E-state index < -0.39 is 0 Å². The highest BCUT2D eigenvalue weighted by atomic mass is 35.5. The standard InChI is InChI=1S/C27H30ClN5O2S/c28-24-18-25(32-11-9-31(10-12-32)19-21-5-2-1-3-6-21)30-27(29-24)36-20-22-7-4-8-23(17-22)26(34)33-13-15-35-16-14-33/h1-8,17-18H,9-16,19-20H2. The Morgan fingerprint density at radius 1 is 0.889 bits per heavy atom. The summed E-state index contributed by atoms with van der Waals surface area (Å²) in [6.45, 7) is 7.18. The van der Waals surface area contributed by atoms with Crippen molar-refractivity contribution in [2.24, 2.45) is 0 Å². The Kier molecular flexibility index (Phi) is 8.38. The molecule has 5 rings (SSSR count). The SMILES string of the molecule is O=C(c1cccc(CSc2nc(Cl)cc(N3CCN(Cc4ccccc4)CC3)n2)c1)N1CCOCC1. The number of anilines is 1. The van der Waals surface area contributed by atoms with Crippen LogP contribution in [0.5, 0.6) is 0 Å². The zero-order valence-electron chi connectivity index (χ0n) is 20.2. The summed E-state index contributed by atoms with van der Waals surface area (Å²) >= 11 is 7.91. The van der Waals surface area contributed by atoms with E-state index in [0.29, 0.717) is 47.9 Å². The van der Waals surface area contributed by atoms with Crippen LogP contribution in [0.25, 0.3) is 0 Å². The molecule has 2 aromatic carbocycles. The third-order valence-corrected chi connectivity index (χ3v) is 7.56. The lowest BCUT2D eigenvalue weighted by molar-refractivity contribution is 0.0303. The third kappa shape index (κ3) is 6.56. The Morgan fingerprint density at radius 2 is 1.64 bits per heavy atom. The predicted molar refractivity (Wildman–Crippen MR) is 144 cm³/mol. The monoisotopic (exact) mass is 523 g/mol. The molecule has 2 saturated heterocycles. The number of morpholine rings is 1. The van der Waals surface area contributed by atoms with Gasteiger partial charge in [-0.05, 0) is 23.3 Å². The average Bonchev–Trinajstić information content (AvgIpc) is 2.93. The first-order chi connectivity index (χ1) is 17.6. The highest BCUT2D eigenvalue weighted by Gasteiger charge is 2.20. The Labute approximate surface area is 221 Å². The summed E-state index contributed by atoms with van der Waals surface area (Å²) in [7, 11) is 0. The fraction of sp³-hybridized carbons (Fsp3) is 0.370. The lowest BCUT2D eigenvalue weighted by Gasteiger charge is -2.35. The van der Waals surface area contributed by atoms with Crippen LogP contribution in [0.2, 0.25) is 5.15 Å². The molecule has 2 aliphatic rings. The van der Waals surface area contributed by atoms with Crippen molar-refractivity contribution in [2.45, 2.75) is 17.5 Å². The molecule has 1 amide bonds. The summed E-state index contributed by atoms with van der Waals surface area (Å²) < 4.78 is 5.36. The molecule has 0 N–H and O–H groups in total. The number of carbonyl (C=O) groups excluding carboxylic acids is 1. The lowest BCUT2D eigenvalue weighted by atomic mass is 10.1. The number of benzene rings is 2. The maximum atomic E-state index is 12.8. The van der Waals surface area contributed by atoms with Gasteiger partial charge < -0.3 is 14.5 Å². The van der Waals surface area contributed by atoms with Gasteiger partial charge in [0.1, 0.15) is 11.0 Å². The van der Waals surface area contributed by atoms with Crippen LogP contribution in [-0.2, 0) is 17.0 Å². The van der Waals surface area contributed by atoms with Crippen molar-refractivity contribution in [2.75, 3.05) is 57.4 Å². The molecule has 188 valence electrons. The number of nitrogens with zero attached hydrogens (tertiary/aromatic N) is 5. The van der Waals surface area contributed by atoms with Crippen molar-refractivity contribution in [1.82, 2.24) is 19.8 Å². The van der Waals surface area contributed by atoms with E-state index in [2.05, 4.69) is 45.1 Å². The molecule has 0 bridgehead atoms. The molecular weight excluding hydrogens is 494 g/mol. The van der Waals surface area contributed by atoms with Crippen molar-refractivity contribution >= 4 is 35.1 Å². The van der Waals surface area contributed by atoms with Crippen LogP contribution in [-0.4, -0.2) is 78.2 Å². The maximum absolute atomic E-state index is 12.8. The van der Waals surface area contributed by atoms with Crippen LogP contribution in [0.15, 0.2) is 65.8 Å². The van der Waals surface area contributed by atoms with E-state index in [1.54, 1.807) is 0 Å². The minimum absolute atomic E-state index is 0.0536. The lowest BCUT2D eigenvalue weighted by Crippen LogP contribution is -2.46. The smallest absolute Gasteiger partial charge is 0.254 e. The molecule has 3 heterocycles. The van der Waals surface area contributed by atoms with E-state index >= 15 is 0 Å². The highest BCUT2D eigenvalue weighted by molar-refractivity contribution is 7.98. The molecule has 9 heteroatoms. The van der Waals surface area contributed by atoms with Crippen molar-refractivity contribution in [3.8, 4) is 0 Å². The number of hydrogen-bond donors (Lipinski definition) is 0. The van der Waals surface area contributed by atoms with Gasteiger partial charge in [-0.3, -0.25) is 9.69 Å². The summed E-state index contributed by atoms with van der Waals surface area (Å²) in [6.07, 6.45) is 0. The van der Waals surface area contributed by atoms with Crippen molar-refractivity contribution in [3.05, 3.63) is 82.5 Å². The number of amides is 1. The van der Waals surface area contributed by atoms with E-state index in [4.69, 9.17) is 21.3 Å². The van der Waals surface area contributed by atoms with E-state index in [-0.39, 0.29) is 5.91 Å². The summed E-state index contributed by atoms with van der Waals surface area (Å²) in [5.41, 5.74) is 3.10. The Bertz CT molecular complexity index is 1170. The van der Waals surface area contributed by atoms with E-state index in [1.165, 1.54) is 17.3 Å². The van der Waals surface area contributed by atoms with Gasteiger partial charge in [0.05, 0.1) is 13.2 Å². The van der Waals surface area contributed by atoms with Gasteiger partial charge in [-0.25, -0.2) is 9.97 Å². The molecule has 1 aromatic heterocycles. The number of ether oxygens (including phenoxy) is 1. The van der Waals surface area contributed by atoms with Gasteiger partial charge in [-0.2, -0.15) is 0 Å². The summed E-state index contributed by atoms with van der Waals surface area (Å²) in [4.78, 5) is 28.7. The van der Waals surface area contributed by atoms with Crippen molar-refractivity contribution < 1.29 is 9.53 Å². The van der Waals surface area contributed by atoms with Crippen LogP contribution >= 0.6 is 23.4 Å². The van der Waals surface area contributed by atoms with E-state index in [1.807, 2.05) is 35.2 Å². The van der Waals surface area contributed by atoms with Crippen molar-refractivity contribution in [3.63, 3.8) is 0 Å². The molecule has 0 radical (unpaired) electrons. The molecule has 2 aliphatic heterocycles. The number of piperazine rings is 1. The third-order valence-electron chi connectivity index (χ3n) is 6.45. The Balaban J connectivity index is 1.18. The van der Waals surface area contributed by atoms with Gasteiger partial charge in [0.25, 0.3) is 5.91 Å². The largest absolute Gasteiger partial charge is 0.378 e. The molecule has 36 heavy (non-hydrogen) atoms. The second-order valence-corrected chi connectivity index (χ2v) is 10.3. The quantitative estimate of drug-likeness (QED) is 0.261. The topological polar surface area (TPSA) is 61.8 Å². The molecule has 0 saturated carbocycles. The molecular formula is C27H30ClN5O2S. The molecule has 0 aliphatic carbocycles. The van der Waals surface area contributed by atoms with Crippen LogP contribution < -0.4 is 4.90 Å². The normalized spacial score (nSPS) is 16.8. The van der Waals surface area contributed by atoms with Crippen LogP contribution in [0.1, 0.15) is 21.5 Å². The summed E-state index contributed by atoms with van der Waals surface area (Å²) in [5.74, 6) is 1.58. The van der Waals surface area contributed by atoms with Crippen LogP contribution in [0.3, 0.4) is 0 Å². The number of thioether (sulfide) groups is 1. The van der Waals surface area contributed by atoms with E-state index in [9.17, 15) is 4.79 Å². The van der Waals surface area contributed by atoms with Gasteiger partial charge in [-0.1, -0.05) is 65.8 Å². The van der Waals surface area contributed by atoms with Gasteiger partial charge in [0.2, 0.25) is 0 Å². The fourth-order valence-electron chi connectivity index (χ4n) is 4.48. The summed E-state index contributed by atoms with van der Waals surface area (Å²) in [6, 6.07) is 20.2. The second kappa shape index (κ2) is 12.1.